The third-order valence-electron chi connectivity index (χ3n) is 4.56. The summed E-state index contributed by atoms with van der Waals surface area (Å²) in [6.07, 6.45) is 3.82. The zero-order valence-corrected chi connectivity index (χ0v) is 13.9. The summed E-state index contributed by atoms with van der Waals surface area (Å²) in [5.74, 6) is 0. The first kappa shape index (κ1) is 15.4. The van der Waals surface area contributed by atoms with Crippen LogP contribution in [0.25, 0.3) is 0 Å². The summed E-state index contributed by atoms with van der Waals surface area (Å²) in [5.41, 5.74) is 3.12. The maximum absolute atomic E-state index is 12.9. The number of carbonyl (C=O) groups is 1. The first-order chi connectivity index (χ1) is 12.3. The zero-order chi connectivity index (χ0) is 17.1. The van der Waals surface area contributed by atoms with E-state index in [-0.39, 0.29) is 12.1 Å². The molecule has 0 fully saturated rings. The normalized spacial score (nSPS) is 16.3. The molecular weight excluding hydrogens is 312 g/mol. The molecule has 0 saturated heterocycles. The van der Waals surface area contributed by atoms with Gasteiger partial charge in [0.1, 0.15) is 0 Å². The molecule has 5 heteroatoms. The molecule has 1 atom stereocenters. The summed E-state index contributed by atoms with van der Waals surface area (Å²) in [6, 6.07) is 19.9. The number of nitrogens with zero attached hydrogens (tertiary/aromatic N) is 3. The van der Waals surface area contributed by atoms with Crippen LogP contribution < -0.4 is 5.32 Å². The molecule has 1 N–H and O–H groups in total. The molecule has 5 nitrogen and oxygen atoms in total. The van der Waals surface area contributed by atoms with Gasteiger partial charge in [-0.3, -0.25) is 4.98 Å². The second kappa shape index (κ2) is 6.81. The molecule has 2 aromatic heterocycles. The summed E-state index contributed by atoms with van der Waals surface area (Å²) in [5, 5.41) is 3.01. The molecule has 126 valence electrons. The summed E-state index contributed by atoms with van der Waals surface area (Å²) >= 11 is 0. The van der Waals surface area contributed by atoms with Crippen molar-refractivity contribution in [2.24, 2.45) is 0 Å². The Morgan fingerprint density at radius 1 is 1.04 bits per heavy atom. The van der Waals surface area contributed by atoms with Gasteiger partial charge < -0.3 is 14.8 Å². The molecule has 0 aliphatic carbocycles. The number of rotatable bonds is 3. The van der Waals surface area contributed by atoms with Crippen LogP contribution in [-0.4, -0.2) is 27.0 Å². The van der Waals surface area contributed by atoms with Crippen molar-refractivity contribution in [3.05, 3.63) is 90.0 Å². The Morgan fingerprint density at radius 3 is 2.68 bits per heavy atom. The van der Waals surface area contributed by atoms with E-state index in [0.717, 1.165) is 23.5 Å². The number of benzene rings is 1. The Morgan fingerprint density at radius 2 is 1.88 bits per heavy atom. The Bertz CT molecular complexity index is 844. The van der Waals surface area contributed by atoms with Crippen molar-refractivity contribution >= 4 is 6.03 Å². The number of amides is 2. The van der Waals surface area contributed by atoms with E-state index < -0.39 is 0 Å². The number of pyridine rings is 1. The van der Waals surface area contributed by atoms with Gasteiger partial charge in [0.15, 0.2) is 0 Å². The predicted octanol–water partition coefficient (Wildman–Crippen LogP) is 3.20. The SMILES string of the molecule is O=C(NCc1ccccn1)N1CCn2cccc2C1c1ccccc1. The number of fused-ring (bicyclic) bond motifs is 1. The number of carbonyl (C=O) groups excluding carboxylic acids is 1. The molecule has 25 heavy (non-hydrogen) atoms. The number of nitrogens with one attached hydrogen (secondary N) is 1. The second-order valence-electron chi connectivity index (χ2n) is 6.11. The van der Waals surface area contributed by atoms with Crippen molar-refractivity contribution in [3.8, 4) is 0 Å². The van der Waals surface area contributed by atoms with Gasteiger partial charge in [-0.25, -0.2) is 4.79 Å². The molecule has 2 amide bonds. The van der Waals surface area contributed by atoms with Crippen LogP contribution in [0.15, 0.2) is 73.1 Å². The van der Waals surface area contributed by atoms with Gasteiger partial charge >= 0.3 is 6.03 Å². The molecule has 1 aliphatic rings. The van der Waals surface area contributed by atoms with Crippen molar-refractivity contribution in [1.29, 1.82) is 0 Å². The summed E-state index contributed by atoms with van der Waals surface area (Å²) in [6.45, 7) is 1.91. The van der Waals surface area contributed by atoms with Crippen molar-refractivity contribution in [2.45, 2.75) is 19.1 Å². The highest BCUT2D eigenvalue weighted by atomic mass is 16.2. The molecule has 0 bridgehead atoms. The maximum atomic E-state index is 12.9. The first-order valence-electron chi connectivity index (χ1n) is 8.47. The summed E-state index contributed by atoms with van der Waals surface area (Å²) in [7, 11) is 0. The average Bonchev–Trinajstić information content (AvgIpc) is 3.15. The predicted molar refractivity (Wildman–Crippen MR) is 95.9 cm³/mol. The van der Waals surface area contributed by atoms with Crippen LogP contribution in [0.1, 0.15) is 23.0 Å². The molecule has 1 unspecified atom stereocenters. The molecule has 1 aromatic carbocycles. The number of hydrogen-bond acceptors (Lipinski definition) is 2. The van der Waals surface area contributed by atoms with Gasteiger partial charge in [-0.2, -0.15) is 0 Å². The molecule has 0 radical (unpaired) electrons. The first-order valence-corrected chi connectivity index (χ1v) is 8.47. The summed E-state index contributed by atoms with van der Waals surface area (Å²) in [4.78, 5) is 19.0. The Balaban J connectivity index is 1.58. The van der Waals surface area contributed by atoms with Crippen LogP contribution in [0.4, 0.5) is 4.79 Å². The minimum Gasteiger partial charge on any atom is -0.348 e. The fourth-order valence-electron chi connectivity index (χ4n) is 3.36. The van der Waals surface area contributed by atoms with Gasteiger partial charge in [0.2, 0.25) is 0 Å². The lowest BCUT2D eigenvalue weighted by atomic mass is 10.0. The quantitative estimate of drug-likeness (QED) is 0.801. The monoisotopic (exact) mass is 332 g/mol. The molecule has 3 heterocycles. The topological polar surface area (TPSA) is 50.2 Å². The smallest absolute Gasteiger partial charge is 0.318 e. The lowest BCUT2D eigenvalue weighted by Gasteiger charge is -2.37. The lowest BCUT2D eigenvalue weighted by Crippen LogP contribution is -2.47. The van der Waals surface area contributed by atoms with Crippen LogP contribution in [-0.2, 0) is 13.1 Å². The number of hydrogen-bond donors (Lipinski definition) is 1. The van der Waals surface area contributed by atoms with E-state index in [1.54, 1.807) is 6.20 Å². The van der Waals surface area contributed by atoms with E-state index in [9.17, 15) is 4.79 Å². The summed E-state index contributed by atoms with van der Waals surface area (Å²) < 4.78 is 2.22. The van der Waals surface area contributed by atoms with Gasteiger partial charge in [-0.1, -0.05) is 36.4 Å². The second-order valence-corrected chi connectivity index (χ2v) is 6.11. The fraction of sp³-hybridized carbons (Fsp3) is 0.200. The van der Waals surface area contributed by atoms with Gasteiger partial charge in [-0.15, -0.1) is 0 Å². The van der Waals surface area contributed by atoms with E-state index in [1.165, 1.54) is 0 Å². The third-order valence-corrected chi connectivity index (χ3v) is 4.56. The zero-order valence-electron chi connectivity index (χ0n) is 13.9. The van der Waals surface area contributed by atoms with Gasteiger partial charge in [0.05, 0.1) is 18.3 Å². The van der Waals surface area contributed by atoms with E-state index in [0.29, 0.717) is 13.1 Å². The fourth-order valence-corrected chi connectivity index (χ4v) is 3.36. The molecule has 3 aromatic rings. The number of aromatic nitrogens is 2. The number of urea groups is 1. The van der Waals surface area contributed by atoms with Crippen molar-refractivity contribution < 1.29 is 4.79 Å². The van der Waals surface area contributed by atoms with E-state index in [4.69, 9.17) is 0 Å². The lowest BCUT2D eigenvalue weighted by molar-refractivity contribution is 0.168. The van der Waals surface area contributed by atoms with Gasteiger partial charge in [0, 0.05) is 31.2 Å². The molecule has 4 rings (SSSR count). The average molecular weight is 332 g/mol. The molecular formula is C20H20N4O. The van der Waals surface area contributed by atoms with E-state index >= 15 is 0 Å². The molecule has 0 spiro atoms. The van der Waals surface area contributed by atoms with Crippen molar-refractivity contribution in [1.82, 2.24) is 19.8 Å². The third kappa shape index (κ3) is 3.13. The minimum absolute atomic E-state index is 0.0630. The van der Waals surface area contributed by atoms with Crippen LogP contribution >= 0.6 is 0 Å². The highest BCUT2D eigenvalue weighted by Crippen LogP contribution is 2.32. The van der Waals surface area contributed by atoms with E-state index in [2.05, 4.69) is 39.3 Å². The highest BCUT2D eigenvalue weighted by molar-refractivity contribution is 5.75. The largest absolute Gasteiger partial charge is 0.348 e. The molecule has 1 aliphatic heterocycles. The maximum Gasteiger partial charge on any atom is 0.318 e. The standard InChI is InChI=1S/C20H20N4O/c25-20(22-15-17-9-4-5-11-21-17)24-14-13-23-12-6-10-18(23)19(24)16-7-2-1-3-8-16/h1-12,19H,13-15H2,(H,22,25). The van der Waals surface area contributed by atoms with Crippen molar-refractivity contribution in [2.75, 3.05) is 6.54 Å². The highest BCUT2D eigenvalue weighted by Gasteiger charge is 2.31. The Labute approximate surface area is 146 Å². The molecule has 0 saturated carbocycles. The van der Waals surface area contributed by atoms with Crippen molar-refractivity contribution in [3.63, 3.8) is 0 Å². The Kier molecular flexibility index (Phi) is 4.21. The van der Waals surface area contributed by atoms with Crippen LogP contribution in [0.3, 0.4) is 0 Å². The van der Waals surface area contributed by atoms with E-state index in [1.807, 2.05) is 47.4 Å². The van der Waals surface area contributed by atoms with Crippen LogP contribution in [0.5, 0.6) is 0 Å². The van der Waals surface area contributed by atoms with Gasteiger partial charge in [0.25, 0.3) is 0 Å². The van der Waals surface area contributed by atoms with Crippen LogP contribution in [0.2, 0.25) is 0 Å². The van der Waals surface area contributed by atoms with Gasteiger partial charge in [-0.05, 0) is 29.8 Å². The minimum atomic E-state index is -0.0753. The Hall–Kier alpha value is -3.08. The van der Waals surface area contributed by atoms with Crippen LogP contribution in [0, 0.1) is 0 Å².